The third-order valence-electron chi connectivity index (χ3n) is 2.27. The lowest BCUT2D eigenvalue weighted by Gasteiger charge is -2.10. The van der Waals surface area contributed by atoms with Crippen LogP contribution in [0.2, 0.25) is 0 Å². The van der Waals surface area contributed by atoms with E-state index in [4.69, 9.17) is 0 Å². The first-order valence-electron chi connectivity index (χ1n) is 4.85. The summed E-state index contributed by atoms with van der Waals surface area (Å²) in [6, 6.07) is 0. The minimum atomic E-state index is 0.337. The van der Waals surface area contributed by atoms with Crippen LogP contribution in [0.25, 0.3) is 0 Å². The van der Waals surface area contributed by atoms with Gasteiger partial charge in [-0.05, 0) is 13.3 Å². The summed E-state index contributed by atoms with van der Waals surface area (Å²) in [6.45, 7) is 4.33. The molecule has 2 aliphatic rings. The molecule has 0 radical (unpaired) electrons. The second-order valence-corrected chi connectivity index (χ2v) is 3.57. The van der Waals surface area contributed by atoms with Crippen LogP contribution in [0.1, 0.15) is 26.7 Å². The number of aliphatic imine (C=N–C) groups is 2. The third kappa shape index (κ3) is 1.47. The Bertz CT molecular complexity index is 388. The molecule has 0 amide bonds. The number of hydrogen-bond acceptors (Lipinski definition) is 3. The normalized spacial score (nSPS) is 20.3. The summed E-state index contributed by atoms with van der Waals surface area (Å²) in [6.07, 6.45) is 3.50. The Morgan fingerprint density at radius 1 is 1.50 bits per heavy atom. The number of hydroxylamine groups is 1. The Morgan fingerprint density at radius 2 is 2.29 bits per heavy atom. The molecule has 0 aromatic heterocycles. The van der Waals surface area contributed by atoms with Crippen LogP contribution in [-0.4, -0.2) is 29.0 Å². The van der Waals surface area contributed by atoms with Crippen LogP contribution in [0, 0.1) is 5.21 Å². The molecule has 4 nitrogen and oxygen atoms in total. The predicted octanol–water partition coefficient (Wildman–Crippen LogP) is 1.51. The van der Waals surface area contributed by atoms with Crippen LogP contribution in [0.15, 0.2) is 21.3 Å². The topological polar surface area (TPSA) is 50.8 Å². The molecule has 2 aliphatic heterocycles. The fourth-order valence-corrected chi connectivity index (χ4v) is 1.66. The summed E-state index contributed by atoms with van der Waals surface area (Å²) in [5.41, 5.74) is 2.64. The molecule has 0 spiro atoms. The van der Waals surface area contributed by atoms with Gasteiger partial charge in [-0.3, -0.25) is 0 Å². The Labute approximate surface area is 83.0 Å². The molecule has 0 aromatic carbocycles. The van der Waals surface area contributed by atoms with Crippen molar-refractivity contribution in [3.05, 3.63) is 16.5 Å². The first-order valence-corrected chi connectivity index (χ1v) is 4.85. The maximum absolute atomic E-state index is 11.2. The van der Waals surface area contributed by atoms with E-state index in [2.05, 4.69) is 16.9 Å². The van der Waals surface area contributed by atoms with E-state index < -0.39 is 0 Å². The van der Waals surface area contributed by atoms with Gasteiger partial charge in [-0.15, -0.1) is 0 Å². The molecule has 0 bridgehead atoms. The van der Waals surface area contributed by atoms with Crippen molar-refractivity contribution < 1.29 is 4.74 Å². The number of allylic oxidation sites excluding steroid dienone is 1. The van der Waals surface area contributed by atoms with Gasteiger partial charge >= 0.3 is 0 Å². The molecule has 2 rings (SSSR count). The summed E-state index contributed by atoms with van der Waals surface area (Å²) in [5, 5.41) is 11.2. The molecule has 0 aromatic rings. The number of fused-ring (bicyclic) bond motifs is 1. The Hall–Kier alpha value is -1.45. The highest BCUT2D eigenvalue weighted by Gasteiger charge is 2.24. The van der Waals surface area contributed by atoms with Crippen molar-refractivity contribution in [2.75, 3.05) is 6.54 Å². The van der Waals surface area contributed by atoms with Gasteiger partial charge in [-0.2, -0.15) is 0 Å². The van der Waals surface area contributed by atoms with E-state index in [0.29, 0.717) is 6.54 Å². The highest BCUT2D eigenvalue weighted by molar-refractivity contribution is 6.16. The molecule has 0 atom stereocenters. The van der Waals surface area contributed by atoms with Gasteiger partial charge in [0, 0.05) is 12.0 Å². The summed E-state index contributed by atoms with van der Waals surface area (Å²) in [4.78, 5) is 8.76. The molecule has 0 saturated heterocycles. The second-order valence-electron chi connectivity index (χ2n) is 3.57. The van der Waals surface area contributed by atoms with E-state index in [9.17, 15) is 5.21 Å². The van der Waals surface area contributed by atoms with Crippen molar-refractivity contribution in [1.29, 1.82) is 0 Å². The lowest BCUT2D eigenvalue weighted by Crippen LogP contribution is -2.23. The van der Waals surface area contributed by atoms with Crippen LogP contribution < -0.4 is 0 Å². The molecule has 0 aliphatic carbocycles. The van der Waals surface area contributed by atoms with Crippen molar-refractivity contribution >= 4 is 17.8 Å². The van der Waals surface area contributed by atoms with Gasteiger partial charge < -0.3 is 5.21 Å². The minimum absolute atomic E-state index is 0.337. The van der Waals surface area contributed by atoms with Crippen LogP contribution >= 0.6 is 0 Å². The number of rotatable bonds is 2. The van der Waals surface area contributed by atoms with E-state index in [1.54, 1.807) is 6.21 Å². The van der Waals surface area contributed by atoms with Crippen molar-refractivity contribution in [2.45, 2.75) is 26.7 Å². The highest BCUT2D eigenvalue weighted by atomic mass is 16.5. The molecule has 0 fully saturated rings. The quantitative estimate of drug-likeness (QED) is 0.482. The molecule has 0 N–H and O–H groups in total. The molecule has 4 heteroatoms. The number of nitrogens with zero attached hydrogens (tertiary/aromatic N) is 3. The maximum Gasteiger partial charge on any atom is 0.197 e. The Morgan fingerprint density at radius 3 is 3.00 bits per heavy atom. The molecule has 14 heavy (non-hydrogen) atoms. The average molecular weight is 191 g/mol. The van der Waals surface area contributed by atoms with Gasteiger partial charge in [0.25, 0.3) is 0 Å². The molecule has 74 valence electrons. The molecule has 0 saturated carbocycles. The van der Waals surface area contributed by atoms with Crippen LogP contribution in [-0.2, 0) is 0 Å². The monoisotopic (exact) mass is 191 g/mol. The van der Waals surface area contributed by atoms with Crippen LogP contribution in [0.5, 0.6) is 0 Å². The van der Waals surface area contributed by atoms with Gasteiger partial charge in [0.15, 0.2) is 12.8 Å². The van der Waals surface area contributed by atoms with Gasteiger partial charge in [-0.25, -0.2) is 14.7 Å². The van der Waals surface area contributed by atoms with Crippen molar-refractivity contribution in [3.63, 3.8) is 0 Å². The third-order valence-corrected chi connectivity index (χ3v) is 2.27. The molecule has 2 heterocycles. The number of hydrogen-bond donors (Lipinski definition) is 0. The zero-order valence-corrected chi connectivity index (χ0v) is 8.45. The maximum atomic E-state index is 11.2. The fourth-order valence-electron chi connectivity index (χ4n) is 1.66. The lowest BCUT2D eigenvalue weighted by atomic mass is 10.1. The molecular weight excluding hydrogens is 178 g/mol. The zero-order valence-electron chi connectivity index (χ0n) is 8.45. The Kier molecular flexibility index (Phi) is 2.19. The largest absolute Gasteiger partial charge is 0.623 e. The summed E-state index contributed by atoms with van der Waals surface area (Å²) in [5.74, 6) is 0.862. The van der Waals surface area contributed by atoms with E-state index in [-0.39, 0.29) is 0 Å². The second kappa shape index (κ2) is 3.36. The number of amidine groups is 1. The van der Waals surface area contributed by atoms with Crippen molar-refractivity contribution in [2.24, 2.45) is 9.98 Å². The van der Waals surface area contributed by atoms with Gasteiger partial charge in [-0.1, -0.05) is 6.92 Å². The summed E-state index contributed by atoms with van der Waals surface area (Å²) >= 11 is 0. The first kappa shape index (κ1) is 9.12. The minimum Gasteiger partial charge on any atom is -0.623 e. The lowest BCUT2D eigenvalue weighted by molar-refractivity contribution is -0.435. The summed E-state index contributed by atoms with van der Waals surface area (Å²) < 4.78 is 0.905. The standard InChI is InChI=1S/C10H13N3O/c1-3-4-9-11-8-6-13(14)5-7(2)10(8)12-9/h5H,3-4,6H2,1-2H3. The van der Waals surface area contributed by atoms with Crippen LogP contribution in [0.4, 0.5) is 0 Å². The average Bonchev–Trinajstić information content (AvgIpc) is 2.48. The van der Waals surface area contributed by atoms with E-state index in [0.717, 1.165) is 40.4 Å². The zero-order chi connectivity index (χ0) is 10.1. The molecular formula is C10H13N3O. The molecule has 0 unspecified atom stereocenters. The van der Waals surface area contributed by atoms with Crippen LogP contribution in [0.3, 0.4) is 0 Å². The van der Waals surface area contributed by atoms with E-state index in [1.807, 2.05) is 6.92 Å². The van der Waals surface area contributed by atoms with Crippen molar-refractivity contribution in [3.8, 4) is 0 Å². The fraction of sp³-hybridized carbons (Fsp3) is 0.500. The SMILES string of the molecule is CCCC1=NC2=C(C)C=[N+]([O-])CC2=N1. The smallest absolute Gasteiger partial charge is 0.197 e. The van der Waals surface area contributed by atoms with Gasteiger partial charge in [0.05, 0.1) is 0 Å². The van der Waals surface area contributed by atoms with Crippen molar-refractivity contribution in [1.82, 2.24) is 0 Å². The predicted molar refractivity (Wildman–Crippen MR) is 57.0 cm³/mol. The Balaban J connectivity index is 2.32. The first-order chi connectivity index (χ1) is 6.70. The van der Waals surface area contributed by atoms with E-state index in [1.165, 1.54) is 0 Å². The van der Waals surface area contributed by atoms with E-state index >= 15 is 0 Å². The summed E-state index contributed by atoms with van der Waals surface area (Å²) in [7, 11) is 0. The highest BCUT2D eigenvalue weighted by Crippen LogP contribution is 2.18. The van der Waals surface area contributed by atoms with Gasteiger partial charge in [0.2, 0.25) is 0 Å². The van der Waals surface area contributed by atoms with Gasteiger partial charge in [0.1, 0.15) is 17.2 Å².